The predicted octanol–water partition coefficient (Wildman–Crippen LogP) is 5.12. The van der Waals surface area contributed by atoms with Crippen molar-refractivity contribution in [3.05, 3.63) is 83.9 Å². The van der Waals surface area contributed by atoms with Gasteiger partial charge in [-0.05, 0) is 65.3 Å². The molecular formula is C27H28N2O3S. The summed E-state index contributed by atoms with van der Waals surface area (Å²) in [6.45, 7) is 1.04. The van der Waals surface area contributed by atoms with Crippen LogP contribution in [-0.2, 0) is 14.8 Å². The number of fused-ring (bicyclic) bond motifs is 4. The average molecular weight is 461 g/mol. The van der Waals surface area contributed by atoms with Crippen LogP contribution < -0.4 is 10.0 Å². The van der Waals surface area contributed by atoms with Gasteiger partial charge in [0.2, 0.25) is 10.0 Å². The average Bonchev–Trinajstić information content (AvgIpc) is 3.54. The van der Waals surface area contributed by atoms with E-state index < -0.39 is 10.0 Å². The van der Waals surface area contributed by atoms with Gasteiger partial charge < -0.3 is 10.1 Å². The predicted molar refractivity (Wildman–Crippen MR) is 131 cm³/mol. The van der Waals surface area contributed by atoms with Crippen molar-refractivity contribution >= 4 is 26.5 Å². The molecule has 2 N–H and O–H groups in total. The second kappa shape index (κ2) is 8.28. The van der Waals surface area contributed by atoms with E-state index in [0.29, 0.717) is 24.0 Å². The van der Waals surface area contributed by atoms with E-state index in [0.717, 1.165) is 30.5 Å². The lowest BCUT2D eigenvalue weighted by molar-refractivity contribution is 0.114. The molecule has 170 valence electrons. The summed E-state index contributed by atoms with van der Waals surface area (Å²) in [5.41, 5.74) is 3.37. The zero-order valence-corrected chi connectivity index (χ0v) is 19.2. The van der Waals surface area contributed by atoms with Crippen molar-refractivity contribution in [2.24, 2.45) is 5.92 Å². The number of allylic oxidation sites excluding steroid dienone is 2. The first-order valence-electron chi connectivity index (χ1n) is 11.8. The molecule has 33 heavy (non-hydrogen) atoms. The lowest BCUT2D eigenvalue weighted by atomic mass is 9.76. The van der Waals surface area contributed by atoms with Crippen molar-refractivity contribution < 1.29 is 13.2 Å². The zero-order valence-electron chi connectivity index (χ0n) is 18.4. The molecule has 0 bridgehead atoms. The fraction of sp³-hybridized carbons (Fsp3) is 0.333. The van der Waals surface area contributed by atoms with Gasteiger partial charge in [0, 0.05) is 24.8 Å². The number of benzene rings is 3. The van der Waals surface area contributed by atoms with Crippen LogP contribution in [-0.4, -0.2) is 27.7 Å². The van der Waals surface area contributed by atoms with E-state index in [1.165, 1.54) is 16.3 Å². The maximum absolute atomic E-state index is 13.0. The van der Waals surface area contributed by atoms with Crippen molar-refractivity contribution in [1.82, 2.24) is 4.72 Å². The molecule has 3 aliphatic rings. The first-order valence-corrected chi connectivity index (χ1v) is 13.2. The quantitative estimate of drug-likeness (QED) is 0.519. The highest BCUT2D eigenvalue weighted by molar-refractivity contribution is 7.89. The van der Waals surface area contributed by atoms with Gasteiger partial charge in [-0.15, -0.1) is 0 Å². The van der Waals surface area contributed by atoms with Crippen LogP contribution in [0.5, 0.6) is 0 Å². The molecule has 1 saturated heterocycles. The summed E-state index contributed by atoms with van der Waals surface area (Å²) >= 11 is 0. The SMILES string of the molecule is O=S(=O)(NCC1CCCO1)c1ccc2c(c1)C1C=CCC1C(c1cccc3ccccc13)N2. The van der Waals surface area contributed by atoms with E-state index in [-0.39, 0.29) is 18.1 Å². The summed E-state index contributed by atoms with van der Waals surface area (Å²) in [4.78, 5) is 0.323. The highest BCUT2D eigenvalue weighted by atomic mass is 32.2. The molecule has 0 aromatic heterocycles. The third-order valence-electron chi connectivity index (χ3n) is 7.33. The molecule has 4 atom stereocenters. The minimum atomic E-state index is -3.59. The van der Waals surface area contributed by atoms with Crippen LogP contribution in [0.4, 0.5) is 5.69 Å². The van der Waals surface area contributed by atoms with Crippen LogP contribution in [0.25, 0.3) is 10.8 Å². The van der Waals surface area contributed by atoms with Crippen LogP contribution >= 0.6 is 0 Å². The summed E-state index contributed by atoms with van der Waals surface area (Å²) < 4.78 is 34.3. The lowest BCUT2D eigenvalue weighted by Gasteiger charge is -2.38. The third-order valence-corrected chi connectivity index (χ3v) is 8.75. The van der Waals surface area contributed by atoms with Gasteiger partial charge in [0.15, 0.2) is 0 Å². The van der Waals surface area contributed by atoms with Gasteiger partial charge in [-0.25, -0.2) is 13.1 Å². The second-order valence-corrected chi connectivity index (χ2v) is 11.0. The van der Waals surface area contributed by atoms with Gasteiger partial charge >= 0.3 is 0 Å². The minimum Gasteiger partial charge on any atom is -0.378 e. The molecule has 0 radical (unpaired) electrons. The molecule has 6 rings (SSSR count). The van der Waals surface area contributed by atoms with Crippen LogP contribution in [0.3, 0.4) is 0 Å². The molecule has 0 saturated carbocycles. The zero-order chi connectivity index (χ0) is 22.4. The minimum absolute atomic E-state index is 0.0253. The summed E-state index contributed by atoms with van der Waals surface area (Å²) in [5, 5.41) is 6.26. The smallest absolute Gasteiger partial charge is 0.240 e. The Balaban J connectivity index is 1.33. The number of sulfonamides is 1. The van der Waals surface area contributed by atoms with Gasteiger partial charge in [0.05, 0.1) is 17.0 Å². The van der Waals surface area contributed by atoms with Gasteiger partial charge in [-0.1, -0.05) is 54.6 Å². The third kappa shape index (κ3) is 3.76. The van der Waals surface area contributed by atoms with Crippen LogP contribution in [0.1, 0.15) is 42.3 Å². The Bertz CT molecular complexity index is 1320. The molecule has 5 nitrogen and oxygen atoms in total. The van der Waals surface area contributed by atoms with Crippen LogP contribution in [0.2, 0.25) is 0 Å². The van der Waals surface area contributed by atoms with E-state index in [2.05, 4.69) is 64.7 Å². The standard InChI is InChI=1S/C27H28N2O3S/c30-33(31,28-17-19-8-5-15-32-19)20-13-14-26-25(16-20)22-10-4-12-24(22)27(29-26)23-11-3-7-18-6-1-2-9-21(18)23/h1-4,6-7,9-11,13-14,16,19,22,24,27-29H,5,8,12,15,17H2. The second-order valence-electron chi connectivity index (χ2n) is 9.28. The summed E-state index contributed by atoms with van der Waals surface area (Å²) in [5.74, 6) is 0.541. The first-order chi connectivity index (χ1) is 16.1. The molecule has 3 aromatic carbocycles. The Labute approximate surface area is 194 Å². The maximum atomic E-state index is 13.0. The van der Waals surface area contributed by atoms with Crippen molar-refractivity contribution in [2.75, 3.05) is 18.5 Å². The number of nitrogens with one attached hydrogen (secondary N) is 2. The fourth-order valence-electron chi connectivity index (χ4n) is 5.66. The van der Waals surface area contributed by atoms with Crippen molar-refractivity contribution in [3.63, 3.8) is 0 Å². The monoisotopic (exact) mass is 460 g/mol. The number of anilines is 1. The fourth-order valence-corrected chi connectivity index (χ4v) is 6.76. The Morgan fingerprint density at radius 1 is 1.03 bits per heavy atom. The van der Waals surface area contributed by atoms with Crippen molar-refractivity contribution in [2.45, 2.75) is 42.2 Å². The molecule has 1 aliphatic carbocycles. The molecule has 1 fully saturated rings. The number of hydrogen-bond donors (Lipinski definition) is 2. The molecular weight excluding hydrogens is 432 g/mol. The van der Waals surface area contributed by atoms with Gasteiger partial charge in [-0.2, -0.15) is 0 Å². The summed E-state index contributed by atoms with van der Waals surface area (Å²) in [7, 11) is -3.59. The molecule has 3 aromatic rings. The van der Waals surface area contributed by atoms with E-state index in [1.54, 1.807) is 6.07 Å². The number of rotatable bonds is 5. The Kier molecular flexibility index (Phi) is 5.24. The Morgan fingerprint density at radius 3 is 2.79 bits per heavy atom. The highest BCUT2D eigenvalue weighted by Crippen LogP contribution is 2.51. The van der Waals surface area contributed by atoms with Crippen molar-refractivity contribution in [3.8, 4) is 0 Å². The Hall–Kier alpha value is -2.67. The maximum Gasteiger partial charge on any atom is 0.240 e. The molecule has 2 aliphatic heterocycles. The largest absolute Gasteiger partial charge is 0.378 e. The highest BCUT2D eigenvalue weighted by Gasteiger charge is 2.39. The topological polar surface area (TPSA) is 67.4 Å². The van der Waals surface area contributed by atoms with Gasteiger partial charge in [0.25, 0.3) is 0 Å². The van der Waals surface area contributed by atoms with Crippen molar-refractivity contribution in [1.29, 1.82) is 0 Å². The normalized spacial score (nSPS) is 26.2. The molecule has 4 unspecified atom stereocenters. The van der Waals surface area contributed by atoms with E-state index in [9.17, 15) is 8.42 Å². The van der Waals surface area contributed by atoms with Crippen LogP contribution in [0.15, 0.2) is 77.7 Å². The molecule has 0 spiro atoms. The molecule has 0 amide bonds. The lowest BCUT2D eigenvalue weighted by Crippen LogP contribution is -2.32. The summed E-state index contributed by atoms with van der Waals surface area (Å²) in [6.07, 6.45) is 7.33. The number of ether oxygens (including phenoxy) is 1. The van der Waals surface area contributed by atoms with E-state index in [4.69, 9.17) is 4.74 Å². The Morgan fingerprint density at radius 2 is 1.91 bits per heavy atom. The summed E-state index contributed by atoms with van der Waals surface area (Å²) in [6, 6.07) is 20.7. The molecule has 6 heteroatoms. The van der Waals surface area contributed by atoms with E-state index in [1.807, 2.05) is 12.1 Å². The molecule has 2 heterocycles. The van der Waals surface area contributed by atoms with Crippen LogP contribution in [0, 0.1) is 5.92 Å². The van der Waals surface area contributed by atoms with E-state index >= 15 is 0 Å². The number of hydrogen-bond acceptors (Lipinski definition) is 4. The first kappa shape index (κ1) is 20.9. The van der Waals surface area contributed by atoms with Gasteiger partial charge in [-0.3, -0.25) is 0 Å². The van der Waals surface area contributed by atoms with Gasteiger partial charge in [0.1, 0.15) is 0 Å².